The number of fused-ring (bicyclic) bond motifs is 1. The van der Waals surface area contributed by atoms with Crippen LogP contribution < -0.4 is 4.31 Å². The molecule has 4 nitrogen and oxygen atoms in total. The molecule has 1 unspecified atom stereocenters. The Balaban J connectivity index is 1.85. The Morgan fingerprint density at radius 2 is 1.74 bits per heavy atom. The molecule has 0 aliphatic carbocycles. The van der Waals surface area contributed by atoms with Gasteiger partial charge in [0.15, 0.2) is 16.8 Å². The molecular formula is C21H21N3OS2. The van der Waals surface area contributed by atoms with Crippen LogP contribution in [0.15, 0.2) is 65.8 Å². The van der Waals surface area contributed by atoms with Crippen LogP contribution in [0.5, 0.6) is 0 Å². The number of thioether (sulfide) groups is 1. The molecule has 0 saturated carbocycles. The standard InChI is InChI=1S/C21H21N3OS2/c1-3-17-19(25)18-20(23(27-17)14-15-10-6-4-7-11-15)22-21(26-2)24(18)16-12-8-5-9-13-16/h4-13,17H,3,14H2,1-2H3. The molecule has 27 heavy (non-hydrogen) atoms. The van der Waals surface area contributed by atoms with E-state index in [0.717, 1.165) is 29.6 Å². The third kappa shape index (κ3) is 3.39. The first-order chi connectivity index (χ1) is 13.2. The van der Waals surface area contributed by atoms with Crippen LogP contribution in [0.4, 0.5) is 5.82 Å². The van der Waals surface area contributed by atoms with Gasteiger partial charge in [0.25, 0.3) is 0 Å². The topological polar surface area (TPSA) is 38.1 Å². The quantitative estimate of drug-likeness (QED) is 0.437. The van der Waals surface area contributed by atoms with Crippen LogP contribution in [0.2, 0.25) is 0 Å². The van der Waals surface area contributed by atoms with Crippen LogP contribution in [0.3, 0.4) is 0 Å². The van der Waals surface area contributed by atoms with E-state index in [-0.39, 0.29) is 11.0 Å². The maximum Gasteiger partial charge on any atom is 0.198 e. The van der Waals surface area contributed by atoms with Crippen molar-refractivity contribution in [2.75, 3.05) is 10.6 Å². The summed E-state index contributed by atoms with van der Waals surface area (Å²) < 4.78 is 4.20. The van der Waals surface area contributed by atoms with E-state index in [1.54, 1.807) is 23.7 Å². The fraction of sp³-hybridized carbons (Fsp3) is 0.238. The number of anilines is 1. The van der Waals surface area contributed by atoms with Crippen LogP contribution in [-0.4, -0.2) is 26.8 Å². The van der Waals surface area contributed by atoms with Crippen molar-refractivity contribution in [1.29, 1.82) is 0 Å². The third-order valence-corrected chi connectivity index (χ3v) is 6.58. The summed E-state index contributed by atoms with van der Waals surface area (Å²) in [6.45, 7) is 2.79. The van der Waals surface area contributed by atoms with Crippen molar-refractivity contribution in [3.63, 3.8) is 0 Å². The summed E-state index contributed by atoms with van der Waals surface area (Å²) in [4.78, 5) is 18.1. The molecular weight excluding hydrogens is 374 g/mol. The number of benzene rings is 2. The van der Waals surface area contributed by atoms with Crippen molar-refractivity contribution in [3.05, 3.63) is 71.9 Å². The van der Waals surface area contributed by atoms with Gasteiger partial charge in [0.05, 0.1) is 11.8 Å². The van der Waals surface area contributed by atoms with Gasteiger partial charge in [-0.05, 0) is 42.3 Å². The van der Waals surface area contributed by atoms with Crippen LogP contribution in [0, 0.1) is 0 Å². The molecule has 2 heterocycles. The Morgan fingerprint density at radius 3 is 2.37 bits per heavy atom. The predicted octanol–water partition coefficient (Wildman–Crippen LogP) is 5.22. The first-order valence-electron chi connectivity index (χ1n) is 8.97. The van der Waals surface area contributed by atoms with Crippen molar-refractivity contribution in [3.8, 4) is 5.69 Å². The molecule has 4 rings (SSSR count). The molecule has 0 spiro atoms. The third-order valence-electron chi connectivity index (χ3n) is 4.58. The highest BCUT2D eigenvalue weighted by Gasteiger charge is 2.37. The van der Waals surface area contributed by atoms with E-state index in [9.17, 15) is 4.79 Å². The lowest BCUT2D eigenvalue weighted by Gasteiger charge is -2.31. The average Bonchev–Trinajstić information content (AvgIpc) is 3.12. The highest BCUT2D eigenvalue weighted by molar-refractivity contribution is 8.02. The zero-order valence-electron chi connectivity index (χ0n) is 15.3. The molecule has 1 aromatic heterocycles. The molecule has 0 N–H and O–H groups in total. The number of carbonyl (C=O) groups is 1. The minimum Gasteiger partial charge on any atom is -0.294 e. The summed E-state index contributed by atoms with van der Waals surface area (Å²) in [5.41, 5.74) is 2.89. The second-order valence-electron chi connectivity index (χ2n) is 6.33. The molecule has 0 bridgehead atoms. The minimum absolute atomic E-state index is 0.0879. The summed E-state index contributed by atoms with van der Waals surface area (Å²) in [7, 11) is 0. The van der Waals surface area contributed by atoms with E-state index in [1.807, 2.05) is 59.4 Å². The lowest BCUT2D eigenvalue weighted by atomic mass is 10.1. The fourth-order valence-electron chi connectivity index (χ4n) is 3.26. The number of Topliss-reactive ketones (excluding diaryl/α,β-unsaturated/α-hetero) is 1. The average molecular weight is 396 g/mol. The van der Waals surface area contributed by atoms with Crippen LogP contribution in [-0.2, 0) is 6.54 Å². The maximum absolute atomic E-state index is 13.3. The van der Waals surface area contributed by atoms with Crippen molar-refractivity contribution >= 4 is 35.3 Å². The lowest BCUT2D eigenvalue weighted by molar-refractivity contribution is 0.0980. The molecule has 1 aliphatic heterocycles. The second-order valence-corrected chi connectivity index (χ2v) is 8.32. The predicted molar refractivity (Wildman–Crippen MR) is 114 cm³/mol. The fourth-order valence-corrected chi connectivity index (χ4v) is 4.93. The van der Waals surface area contributed by atoms with Crippen molar-refractivity contribution < 1.29 is 4.79 Å². The summed E-state index contributed by atoms with van der Waals surface area (Å²) in [6, 6.07) is 20.4. The van der Waals surface area contributed by atoms with Gasteiger partial charge in [0.2, 0.25) is 0 Å². The minimum atomic E-state index is -0.0879. The van der Waals surface area contributed by atoms with Gasteiger partial charge >= 0.3 is 0 Å². The number of aromatic nitrogens is 2. The largest absolute Gasteiger partial charge is 0.294 e. The van der Waals surface area contributed by atoms with E-state index >= 15 is 0 Å². The molecule has 0 fully saturated rings. The highest BCUT2D eigenvalue weighted by atomic mass is 32.2. The van der Waals surface area contributed by atoms with Gasteiger partial charge in [-0.1, -0.05) is 67.2 Å². The Morgan fingerprint density at radius 1 is 1.07 bits per heavy atom. The Labute approximate surface area is 168 Å². The molecule has 138 valence electrons. The molecule has 1 atom stereocenters. The number of ketones is 1. The normalized spacial score (nSPS) is 16.4. The van der Waals surface area contributed by atoms with Crippen LogP contribution >= 0.6 is 23.7 Å². The summed E-state index contributed by atoms with van der Waals surface area (Å²) in [6.07, 6.45) is 2.80. The summed E-state index contributed by atoms with van der Waals surface area (Å²) in [5.74, 6) is 0.935. The van der Waals surface area contributed by atoms with Gasteiger partial charge in [-0.15, -0.1) is 0 Å². The molecule has 0 radical (unpaired) electrons. The Hall–Kier alpha value is -2.18. The molecule has 0 saturated heterocycles. The van der Waals surface area contributed by atoms with Gasteiger partial charge < -0.3 is 0 Å². The highest BCUT2D eigenvalue weighted by Crippen LogP contribution is 2.41. The Kier molecular flexibility index (Phi) is 5.27. The van der Waals surface area contributed by atoms with E-state index in [2.05, 4.69) is 23.4 Å². The van der Waals surface area contributed by atoms with Crippen molar-refractivity contribution in [2.45, 2.75) is 30.3 Å². The second kappa shape index (κ2) is 7.82. The molecule has 0 amide bonds. The molecule has 3 aromatic rings. The number of rotatable bonds is 5. The molecule has 6 heteroatoms. The van der Waals surface area contributed by atoms with Gasteiger partial charge in [0.1, 0.15) is 5.69 Å². The van der Waals surface area contributed by atoms with E-state index in [4.69, 9.17) is 4.98 Å². The number of nitrogens with zero attached hydrogens (tertiary/aromatic N) is 3. The van der Waals surface area contributed by atoms with Gasteiger partial charge in [-0.2, -0.15) is 0 Å². The van der Waals surface area contributed by atoms with E-state index in [0.29, 0.717) is 5.69 Å². The zero-order chi connectivity index (χ0) is 18.8. The zero-order valence-corrected chi connectivity index (χ0v) is 17.0. The lowest BCUT2D eigenvalue weighted by Crippen LogP contribution is -2.33. The molecule has 2 aromatic carbocycles. The van der Waals surface area contributed by atoms with E-state index < -0.39 is 0 Å². The Bertz CT molecular complexity index is 941. The SMILES string of the molecule is CCC1SN(Cc2ccccc2)c2nc(SC)n(-c3ccccc3)c2C1=O. The van der Waals surface area contributed by atoms with Gasteiger partial charge in [-0.25, -0.2) is 4.98 Å². The number of imidazole rings is 1. The van der Waals surface area contributed by atoms with Crippen LogP contribution in [0.25, 0.3) is 5.69 Å². The first kappa shape index (κ1) is 18.2. The number of hydrogen-bond acceptors (Lipinski definition) is 5. The van der Waals surface area contributed by atoms with Crippen LogP contribution in [0.1, 0.15) is 29.4 Å². The van der Waals surface area contributed by atoms with Crippen molar-refractivity contribution in [2.24, 2.45) is 0 Å². The summed E-state index contributed by atoms with van der Waals surface area (Å²) in [5, 5.41) is 0.755. The smallest absolute Gasteiger partial charge is 0.198 e. The molecule has 1 aliphatic rings. The number of para-hydroxylation sites is 1. The van der Waals surface area contributed by atoms with Crippen molar-refractivity contribution in [1.82, 2.24) is 9.55 Å². The maximum atomic E-state index is 13.3. The van der Waals surface area contributed by atoms with Gasteiger partial charge in [0, 0.05) is 5.69 Å². The van der Waals surface area contributed by atoms with Gasteiger partial charge in [-0.3, -0.25) is 13.7 Å². The first-order valence-corrected chi connectivity index (χ1v) is 11.0. The van der Waals surface area contributed by atoms with E-state index in [1.165, 1.54) is 5.56 Å². The number of hydrogen-bond donors (Lipinski definition) is 0. The summed E-state index contributed by atoms with van der Waals surface area (Å²) >= 11 is 3.17. The monoisotopic (exact) mass is 395 g/mol. The number of carbonyl (C=O) groups excluding carboxylic acids is 1.